The summed E-state index contributed by atoms with van der Waals surface area (Å²) < 4.78 is 44.6. The monoisotopic (exact) mass is 336 g/mol. The number of ether oxygens (including phenoxy) is 1. The van der Waals surface area contributed by atoms with E-state index in [2.05, 4.69) is 25.7 Å². The standard InChI is InChI=1S/C11H8BrF3N2O2/c1-5-8(10(18)19-2)17-7(11(13,14)15)4-3-6(12)9(17)16-5/h3-4H,1-2H3. The Morgan fingerprint density at radius 3 is 2.58 bits per heavy atom. The van der Waals surface area contributed by atoms with Gasteiger partial charge >= 0.3 is 12.1 Å². The van der Waals surface area contributed by atoms with Crippen molar-refractivity contribution in [1.82, 2.24) is 9.38 Å². The second kappa shape index (κ2) is 4.52. The van der Waals surface area contributed by atoms with Gasteiger partial charge in [-0.25, -0.2) is 9.78 Å². The second-order valence-corrected chi connectivity index (χ2v) is 4.62. The van der Waals surface area contributed by atoms with Crippen LogP contribution in [0.15, 0.2) is 16.6 Å². The zero-order chi connectivity index (χ0) is 14.4. The summed E-state index contributed by atoms with van der Waals surface area (Å²) in [6, 6.07) is 2.12. The van der Waals surface area contributed by atoms with E-state index < -0.39 is 17.8 Å². The van der Waals surface area contributed by atoms with Gasteiger partial charge in [0.2, 0.25) is 0 Å². The molecule has 0 aromatic carbocycles. The van der Waals surface area contributed by atoms with Crippen molar-refractivity contribution >= 4 is 27.5 Å². The number of carbonyl (C=O) groups is 1. The lowest BCUT2D eigenvalue weighted by atomic mass is 10.3. The van der Waals surface area contributed by atoms with Crippen molar-refractivity contribution in [3.05, 3.63) is 33.7 Å². The summed E-state index contributed by atoms with van der Waals surface area (Å²) in [5.74, 6) is -0.867. The predicted molar refractivity (Wildman–Crippen MR) is 64.0 cm³/mol. The van der Waals surface area contributed by atoms with Crippen LogP contribution in [0.25, 0.3) is 5.65 Å². The van der Waals surface area contributed by atoms with Crippen LogP contribution in [0.1, 0.15) is 21.9 Å². The van der Waals surface area contributed by atoms with Gasteiger partial charge in [-0.3, -0.25) is 4.40 Å². The molecule has 8 heteroatoms. The van der Waals surface area contributed by atoms with Gasteiger partial charge in [-0.15, -0.1) is 0 Å². The van der Waals surface area contributed by atoms with E-state index in [4.69, 9.17) is 0 Å². The fraction of sp³-hybridized carbons (Fsp3) is 0.273. The van der Waals surface area contributed by atoms with Crippen molar-refractivity contribution in [3.63, 3.8) is 0 Å². The molecule has 0 saturated heterocycles. The molecule has 0 N–H and O–H groups in total. The molecule has 0 fully saturated rings. The Bertz CT molecular complexity index is 664. The van der Waals surface area contributed by atoms with Gasteiger partial charge in [-0.1, -0.05) is 0 Å². The number of alkyl halides is 3. The number of fused-ring (bicyclic) bond motifs is 1. The van der Waals surface area contributed by atoms with Crippen LogP contribution in [-0.2, 0) is 10.9 Å². The molecule has 0 bridgehead atoms. The number of aromatic nitrogens is 2. The summed E-state index contributed by atoms with van der Waals surface area (Å²) in [5.41, 5.74) is -1.02. The molecule has 2 aromatic heterocycles. The highest BCUT2D eigenvalue weighted by Crippen LogP contribution is 2.33. The molecular weight excluding hydrogens is 329 g/mol. The topological polar surface area (TPSA) is 43.6 Å². The Morgan fingerprint density at radius 2 is 2.05 bits per heavy atom. The van der Waals surface area contributed by atoms with E-state index in [1.165, 1.54) is 13.0 Å². The SMILES string of the molecule is COC(=O)c1c(C)nc2c(Br)ccc(C(F)(F)F)n12. The largest absolute Gasteiger partial charge is 0.464 e. The second-order valence-electron chi connectivity index (χ2n) is 3.76. The number of rotatable bonds is 1. The highest BCUT2D eigenvalue weighted by Gasteiger charge is 2.36. The molecule has 0 aliphatic rings. The average Bonchev–Trinajstić information content (AvgIpc) is 2.65. The van der Waals surface area contributed by atoms with Crippen LogP contribution in [0, 0.1) is 6.92 Å². The van der Waals surface area contributed by atoms with Gasteiger partial charge in [0.25, 0.3) is 0 Å². The van der Waals surface area contributed by atoms with Gasteiger partial charge in [0.15, 0.2) is 11.3 Å². The molecule has 0 unspecified atom stereocenters. The molecule has 0 aliphatic heterocycles. The summed E-state index contributed by atoms with van der Waals surface area (Å²) >= 11 is 3.11. The summed E-state index contributed by atoms with van der Waals surface area (Å²) in [6.45, 7) is 1.45. The van der Waals surface area contributed by atoms with Crippen LogP contribution in [0.3, 0.4) is 0 Å². The Kier molecular flexibility index (Phi) is 3.29. The zero-order valence-corrected chi connectivity index (χ0v) is 11.5. The maximum Gasteiger partial charge on any atom is 0.431 e. The third-order valence-electron chi connectivity index (χ3n) is 2.56. The van der Waals surface area contributed by atoms with E-state index >= 15 is 0 Å². The minimum atomic E-state index is -4.60. The van der Waals surface area contributed by atoms with Crippen LogP contribution in [0.5, 0.6) is 0 Å². The van der Waals surface area contributed by atoms with Crippen LogP contribution in [0.4, 0.5) is 13.2 Å². The molecule has 102 valence electrons. The zero-order valence-electron chi connectivity index (χ0n) is 9.88. The van der Waals surface area contributed by atoms with Crippen molar-refractivity contribution in [2.45, 2.75) is 13.1 Å². The van der Waals surface area contributed by atoms with Crippen LogP contribution in [0.2, 0.25) is 0 Å². The molecule has 2 heterocycles. The first-order valence-electron chi connectivity index (χ1n) is 5.10. The Hall–Kier alpha value is -1.57. The third kappa shape index (κ3) is 2.20. The van der Waals surface area contributed by atoms with Crippen LogP contribution >= 0.6 is 15.9 Å². The Labute approximate surface area is 114 Å². The molecule has 0 spiro atoms. The van der Waals surface area contributed by atoms with Crippen molar-refractivity contribution < 1.29 is 22.7 Å². The van der Waals surface area contributed by atoms with Gasteiger partial charge in [0.1, 0.15) is 5.69 Å². The summed E-state index contributed by atoms with van der Waals surface area (Å²) in [4.78, 5) is 15.6. The first kappa shape index (κ1) is 13.9. The molecular formula is C11H8BrF3N2O2. The summed E-state index contributed by atoms with van der Waals surface area (Å²) in [5, 5.41) is 0. The molecule has 19 heavy (non-hydrogen) atoms. The number of aryl methyl sites for hydroxylation is 1. The number of esters is 1. The maximum atomic E-state index is 13.0. The Morgan fingerprint density at radius 1 is 1.42 bits per heavy atom. The van der Waals surface area contributed by atoms with Crippen molar-refractivity contribution in [3.8, 4) is 0 Å². The van der Waals surface area contributed by atoms with Gasteiger partial charge in [-0.2, -0.15) is 13.2 Å². The normalized spacial score (nSPS) is 11.9. The lowest BCUT2D eigenvalue weighted by molar-refractivity contribution is -0.142. The van der Waals surface area contributed by atoms with Gasteiger partial charge in [-0.05, 0) is 35.0 Å². The van der Waals surface area contributed by atoms with Gasteiger partial charge in [0, 0.05) is 0 Å². The number of nitrogens with zero attached hydrogens (tertiary/aromatic N) is 2. The lowest BCUT2D eigenvalue weighted by Gasteiger charge is -2.12. The van der Waals surface area contributed by atoms with Crippen molar-refractivity contribution in [1.29, 1.82) is 0 Å². The first-order valence-corrected chi connectivity index (χ1v) is 5.89. The van der Waals surface area contributed by atoms with E-state index in [1.807, 2.05) is 0 Å². The number of hydrogen-bond donors (Lipinski definition) is 0. The first-order chi connectivity index (χ1) is 8.77. The molecule has 4 nitrogen and oxygen atoms in total. The third-order valence-corrected chi connectivity index (χ3v) is 3.18. The fourth-order valence-electron chi connectivity index (χ4n) is 1.78. The number of halogens is 4. The number of methoxy groups -OCH3 is 1. The highest BCUT2D eigenvalue weighted by molar-refractivity contribution is 9.10. The molecule has 2 rings (SSSR count). The number of hydrogen-bond acceptors (Lipinski definition) is 3. The molecule has 0 saturated carbocycles. The molecule has 2 aromatic rings. The summed E-state index contributed by atoms with van der Waals surface area (Å²) in [6.07, 6.45) is -4.60. The number of pyridine rings is 1. The maximum absolute atomic E-state index is 13.0. The van der Waals surface area contributed by atoms with Gasteiger partial charge < -0.3 is 4.74 Å². The van der Waals surface area contributed by atoms with Gasteiger partial charge in [0.05, 0.1) is 17.3 Å². The minimum absolute atomic E-state index is 0.0210. The average molecular weight is 337 g/mol. The molecule has 0 aliphatic carbocycles. The van der Waals surface area contributed by atoms with E-state index in [9.17, 15) is 18.0 Å². The van der Waals surface area contributed by atoms with Crippen molar-refractivity contribution in [2.75, 3.05) is 7.11 Å². The fourth-order valence-corrected chi connectivity index (χ4v) is 2.18. The smallest absolute Gasteiger partial charge is 0.431 e. The van der Waals surface area contributed by atoms with E-state index in [0.717, 1.165) is 17.6 Å². The molecule has 0 amide bonds. The predicted octanol–water partition coefficient (Wildman–Crippen LogP) is 3.21. The quantitative estimate of drug-likeness (QED) is 0.751. The highest BCUT2D eigenvalue weighted by atomic mass is 79.9. The van der Waals surface area contributed by atoms with Crippen molar-refractivity contribution in [2.24, 2.45) is 0 Å². The minimum Gasteiger partial charge on any atom is -0.464 e. The molecule has 0 radical (unpaired) electrons. The Balaban J connectivity index is 2.93. The lowest BCUT2D eigenvalue weighted by Crippen LogP contribution is -2.16. The summed E-state index contributed by atoms with van der Waals surface area (Å²) in [7, 11) is 1.10. The van der Waals surface area contributed by atoms with E-state index in [-0.39, 0.29) is 17.0 Å². The van der Waals surface area contributed by atoms with E-state index in [0.29, 0.717) is 4.47 Å². The van der Waals surface area contributed by atoms with E-state index in [1.54, 1.807) is 0 Å². The van der Waals surface area contributed by atoms with Crippen LogP contribution < -0.4 is 0 Å². The molecule has 0 atom stereocenters. The number of carbonyl (C=O) groups excluding carboxylic acids is 1. The van der Waals surface area contributed by atoms with Crippen LogP contribution in [-0.4, -0.2) is 22.5 Å². The number of imidazole rings is 1.